The van der Waals surface area contributed by atoms with Crippen LogP contribution >= 0.6 is 23.2 Å². The van der Waals surface area contributed by atoms with Gasteiger partial charge in [0.1, 0.15) is 18.0 Å². The van der Waals surface area contributed by atoms with Crippen molar-refractivity contribution in [3.63, 3.8) is 0 Å². The molecule has 2 aromatic carbocycles. The van der Waals surface area contributed by atoms with E-state index in [4.69, 9.17) is 28.9 Å². The van der Waals surface area contributed by atoms with Crippen molar-refractivity contribution in [1.29, 1.82) is 0 Å². The highest BCUT2D eigenvalue weighted by atomic mass is 35.5. The molecule has 0 aliphatic carbocycles. The molecule has 4 N–H and O–H groups in total. The van der Waals surface area contributed by atoms with Gasteiger partial charge >= 0.3 is 0 Å². The molecule has 2 aromatic heterocycles. The lowest BCUT2D eigenvalue weighted by molar-refractivity contribution is 0.0791. The Morgan fingerprint density at radius 1 is 1.25 bits per heavy atom. The zero-order chi connectivity index (χ0) is 22.4. The Balaban J connectivity index is 1.45. The number of hydrogen-bond donors (Lipinski definition) is 3. The van der Waals surface area contributed by atoms with Gasteiger partial charge in [-0.05, 0) is 43.7 Å². The first-order valence-electron chi connectivity index (χ1n) is 10.3. The zero-order valence-electron chi connectivity index (χ0n) is 17.3. The summed E-state index contributed by atoms with van der Waals surface area (Å²) in [4.78, 5) is 31.3. The van der Waals surface area contributed by atoms with Gasteiger partial charge in [0.05, 0.1) is 33.2 Å². The molecule has 32 heavy (non-hydrogen) atoms. The number of nitrogens with zero attached hydrogens (tertiary/aromatic N) is 4. The largest absolute Gasteiger partial charge is 0.360 e. The van der Waals surface area contributed by atoms with E-state index in [9.17, 15) is 4.79 Å². The summed E-state index contributed by atoms with van der Waals surface area (Å²) in [6.07, 6.45) is 2.25. The standard InChI is InChI=1S/C22H21Cl2N7O/c1-11(20-29-17-3-2-12(23)6-19(17)30-20)28-21-15-7-16(24)14(8-18(15)26-10-27-21)22(32)31-5-4-13(25)9-31/h2-3,6-8,10-11,13H,4-5,9,25H2,1H3,(H,29,30)(H,26,27,28)/t11-,13-/m0/s1. The summed E-state index contributed by atoms with van der Waals surface area (Å²) < 4.78 is 0. The van der Waals surface area contributed by atoms with Gasteiger partial charge in [-0.25, -0.2) is 15.0 Å². The molecule has 3 heterocycles. The highest BCUT2D eigenvalue weighted by molar-refractivity contribution is 6.35. The Morgan fingerprint density at radius 3 is 2.88 bits per heavy atom. The molecule has 4 aromatic rings. The molecule has 0 unspecified atom stereocenters. The number of carbonyl (C=O) groups is 1. The number of hydrogen-bond acceptors (Lipinski definition) is 6. The van der Waals surface area contributed by atoms with E-state index < -0.39 is 0 Å². The number of rotatable bonds is 4. The minimum absolute atomic E-state index is 0.00655. The first-order valence-corrected chi connectivity index (χ1v) is 11.1. The van der Waals surface area contributed by atoms with Crippen molar-refractivity contribution < 1.29 is 4.79 Å². The molecule has 0 saturated carbocycles. The van der Waals surface area contributed by atoms with E-state index in [1.165, 1.54) is 6.33 Å². The maximum absolute atomic E-state index is 12.9. The second-order valence-corrected chi connectivity index (χ2v) is 8.86. The van der Waals surface area contributed by atoms with Crippen LogP contribution in [0.25, 0.3) is 21.9 Å². The number of aromatic amines is 1. The van der Waals surface area contributed by atoms with Gasteiger partial charge in [-0.15, -0.1) is 0 Å². The number of amides is 1. The average Bonchev–Trinajstić information content (AvgIpc) is 3.39. The molecule has 0 bridgehead atoms. The van der Waals surface area contributed by atoms with E-state index in [0.717, 1.165) is 28.7 Å². The Labute approximate surface area is 194 Å². The fourth-order valence-corrected chi connectivity index (χ4v) is 4.39. The average molecular weight is 470 g/mol. The van der Waals surface area contributed by atoms with E-state index in [0.29, 0.717) is 40.0 Å². The number of nitrogens with two attached hydrogens (primary N) is 1. The highest BCUT2D eigenvalue weighted by Crippen LogP contribution is 2.30. The molecule has 1 aliphatic heterocycles. The third-order valence-corrected chi connectivity index (χ3v) is 6.24. The van der Waals surface area contributed by atoms with Gasteiger partial charge in [0.2, 0.25) is 0 Å². The monoisotopic (exact) mass is 469 g/mol. The Morgan fingerprint density at radius 2 is 2.09 bits per heavy atom. The van der Waals surface area contributed by atoms with Crippen LogP contribution in [0.4, 0.5) is 5.82 Å². The third kappa shape index (κ3) is 3.85. The minimum atomic E-state index is -0.176. The number of nitrogens with one attached hydrogen (secondary N) is 2. The van der Waals surface area contributed by atoms with Gasteiger partial charge < -0.3 is 20.9 Å². The van der Waals surface area contributed by atoms with Gasteiger partial charge in [0.15, 0.2) is 0 Å². The van der Waals surface area contributed by atoms with Crippen molar-refractivity contribution in [1.82, 2.24) is 24.8 Å². The molecule has 1 amide bonds. The molecule has 2 atom stereocenters. The van der Waals surface area contributed by atoms with Gasteiger partial charge in [0.25, 0.3) is 5.91 Å². The molecule has 10 heteroatoms. The summed E-state index contributed by atoms with van der Waals surface area (Å²) in [5.74, 6) is 1.22. The molecular formula is C22H21Cl2N7O. The molecule has 0 radical (unpaired) electrons. The summed E-state index contributed by atoms with van der Waals surface area (Å²) in [6, 6.07) is 8.79. The first-order chi connectivity index (χ1) is 15.4. The summed E-state index contributed by atoms with van der Waals surface area (Å²) in [5, 5.41) is 5.08. The lowest BCUT2D eigenvalue weighted by Gasteiger charge is -2.18. The quantitative estimate of drug-likeness (QED) is 0.413. The van der Waals surface area contributed by atoms with Gasteiger partial charge in [-0.2, -0.15) is 0 Å². The van der Waals surface area contributed by atoms with Gasteiger partial charge in [0, 0.05) is 29.5 Å². The van der Waals surface area contributed by atoms with Crippen LogP contribution in [0, 0.1) is 0 Å². The molecule has 1 aliphatic rings. The van der Waals surface area contributed by atoms with Crippen molar-refractivity contribution in [3.8, 4) is 0 Å². The summed E-state index contributed by atoms with van der Waals surface area (Å²) in [6.45, 7) is 3.14. The van der Waals surface area contributed by atoms with E-state index >= 15 is 0 Å². The number of imidazole rings is 1. The van der Waals surface area contributed by atoms with Crippen LogP contribution in [0.1, 0.15) is 35.6 Å². The number of fused-ring (bicyclic) bond motifs is 2. The first kappa shape index (κ1) is 20.9. The number of carbonyl (C=O) groups excluding carboxylic acids is 1. The highest BCUT2D eigenvalue weighted by Gasteiger charge is 2.26. The van der Waals surface area contributed by atoms with E-state index in [-0.39, 0.29) is 18.0 Å². The second-order valence-electron chi connectivity index (χ2n) is 8.02. The van der Waals surface area contributed by atoms with Crippen LogP contribution in [0.3, 0.4) is 0 Å². The summed E-state index contributed by atoms with van der Waals surface area (Å²) >= 11 is 12.6. The van der Waals surface area contributed by atoms with Crippen LogP contribution in [0.2, 0.25) is 10.0 Å². The van der Waals surface area contributed by atoms with Crippen molar-refractivity contribution in [2.45, 2.75) is 25.4 Å². The predicted molar refractivity (Wildman–Crippen MR) is 126 cm³/mol. The number of aromatic nitrogens is 4. The minimum Gasteiger partial charge on any atom is -0.360 e. The molecule has 5 rings (SSSR count). The topological polar surface area (TPSA) is 113 Å². The Hall–Kier alpha value is -2.94. The maximum Gasteiger partial charge on any atom is 0.255 e. The SMILES string of the molecule is C[C@H](Nc1ncnc2cc(C(=O)N3CC[C@H](N)C3)c(Cl)cc12)c1nc2ccc(Cl)cc2[nH]1. The molecule has 0 spiro atoms. The number of benzene rings is 2. The number of anilines is 1. The maximum atomic E-state index is 12.9. The van der Waals surface area contributed by atoms with Gasteiger partial charge in [-0.3, -0.25) is 4.79 Å². The summed E-state index contributed by atoms with van der Waals surface area (Å²) in [7, 11) is 0. The van der Waals surface area contributed by atoms with Crippen LogP contribution in [0.15, 0.2) is 36.7 Å². The number of H-pyrrole nitrogens is 1. The lowest BCUT2D eigenvalue weighted by Crippen LogP contribution is -2.32. The Kier molecular flexibility index (Phi) is 5.36. The molecule has 1 fully saturated rings. The van der Waals surface area contributed by atoms with Crippen molar-refractivity contribution in [2.75, 3.05) is 18.4 Å². The van der Waals surface area contributed by atoms with E-state index in [1.807, 2.05) is 19.1 Å². The van der Waals surface area contributed by atoms with Crippen LogP contribution in [0.5, 0.6) is 0 Å². The van der Waals surface area contributed by atoms with Crippen molar-refractivity contribution >= 4 is 56.9 Å². The van der Waals surface area contributed by atoms with Crippen LogP contribution < -0.4 is 11.1 Å². The third-order valence-electron chi connectivity index (χ3n) is 5.69. The zero-order valence-corrected chi connectivity index (χ0v) is 18.8. The number of halogens is 2. The van der Waals surface area contributed by atoms with E-state index in [1.54, 1.807) is 23.1 Å². The lowest BCUT2D eigenvalue weighted by atomic mass is 10.1. The van der Waals surface area contributed by atoms with Crippen molar-refractivity contribution in [2.24, 2.45) is 5.73 Å². The smallest absolute Gasteiger partial charge is 0.255 e. The predicted octanol–water partition coefficient (Wildman–Crippen LogP) is 4.16. The Bertz CT molecular complexity index is 1340. The van der Waals surface area contributed by atoms with Crippen molar-refractivity contribution in [3.05, 3.63) is 58.1 Å². The molecule has 1 saturated heterocycles. The second kappa shape index (κ2) is 8.20. The van der Waals surface area contributed by atoms with E-state index in [2.05, 4.69) is 25.3 Å². The van der Waals surface area contributed by atoms with Crippen LogP contribution in [-0.4, -0.2) is 49.9 Å². The molecule has 8 nitrogen and oxygen atoms in total. The fraction of sp³-hybridized carbons (Fsp3) is 0.273. The molecular weight excluding hydrogens is 449 g/mol. The number of likely N-dealkylation sites (tertiary alicyclic amines) is 1. The van der Waals surface area contributed by atoms with Crippen LogP contribution in [-0.2, 0) is 0 Å². The summed E-state index contributed by atoms with van der Waals surface area (Å²) in [5.41, 5.74) is 8.68. The fourth-order valence-electron chi connectivity index (χ4n) is 3.98. The van der Waals surface area contributed by atoms with Gasteiger partial charge in [-0.1, -0.05) is 23.2 Å². The normalized spacial score (nSPS) is 17.2. The molecule has 164 valence electrons.